The van der Waals surface area contributed by atoms with E-state index in [9.17, 15) is 46.5 Å². The van der Waals surface area contributed by atoms with Crippen LogP contribution < -0.4 is 14.7 Å². The van der Waals surface area contributed by atoms with Crippen LogP contribution in [0.25, 0.3) is 0 Å². The number of rotatable bonds is 1. The smallest absolute Gasteiger partial charge is 0.416 e. The van der Waals surface area contributed by atoms with E-state index in [-0.39, 0.29) is 11.4 Å². The van der Waals surface area contributed by atoms with Crippen molar-refractivity contribution in [3.8, 4) is 11.5 Å². The lowest BCUT2D eigenvalue weighted by Gasteiger charge is -2.47. The number of nitrogens with zero attached hydrogens (tertiary/aromatic N) is 2. The summed E-state index contributed by atoms with van der Waals surface area (Å²) in [5.41, 5.74) is -2.38. The van der Waals surface area contributed by atoms with Gasteiger partial charge >= 0.3 is 12.4 Å². The second-order valence-electron chi connectivity index (χ2n) is 7.63. The molecule has 33 heavy (non-hydrogen) atoms. The van der Waals surface area contributed by atoms with Gasteiger partial charge in [0.15, 0.2) is 11.5 Å². The molecule has 0 aromatic heterocycles. The predicted octanol–water partition coefficient (Wildman–Crippen LogP) is 2.72. The van der Waals surface area contributed by atoms with Gasteiger partial charge in [-0.3, -0.25) is 0 Å². The molecule has 2 heterocycles. The first kappa shape index (κ1) is 23.0. The molecule has 2 aliphatic rings. The van der Waals surface area contributed by atoms with Crippen molar-refractivity contribution >= 4 is 17.5 Å². The highest BCUT2D eigenvalue weighted by Gasteiger charge is 2.43. The molecule has 2 aromatic rings. The molecule has 0 bridgehead atoms. The van der Waals surface area contributed by atoms with Crippen molar-refractivity contribution < 1.29 is 51.2 Å². The molecule has 2 N–H and O–H groups in total. The average Bonchev–Trinajstić information content (AvgIpc) is 2.71. The summed E-state index contributed by atoms with van der Waals surface area (Å²) in [6.07, 6.45) is -14.4. The van der Waals surface area contributed by atoms with E-state index in [2.05, 4.69) is 0 Å². The second kappa shape index (κ2) is 7.70. The van der Waals surface area contributed by atoms with Crippen molar-refractivity contribution in [2.75, 3.05) is 18.0 Å². The first-order valence-corrected chi connectivity index (χ1v) is 9.49. The lowest BCUT2D eigenvalue weighted by molar-refractivity contribution is -0.269. The quantitative estimate of drug-likeness (QED) is 0.614. The molecule has 1 fully saturated rings. The number of fused-ring (bicyclic) bond motifs is 2. The maximum atomic E-state index is 13.2. The second-order valence-corrected chi connectivity index (χ2v) is 7.63. The molecular formula is C20H15F6N2O5-. The number of piperidine rings is 1. The average molecular weight is 477 g/mol. The van der Waals surface area contributed by atoms with Gasteiger partial charge in [0.1, 0.15) is 12.2 Å². The molecule has 2 aromatic carbocycles. The number of hydrogen-bond donors (Lipinski definition) is 2. The van der Waals surface area contributed by atoms with E-state index in [1.807, 2.05) is 0 Å². The Morgan fingerprint density at radius 3 is 1.82 bits per heavy atom. The molecule has 178 valence electrons. The van der Waals surface area contributed by atoms with Crippen molar-refractivity contribution in [2.45, 2.75) is 30.6 Å². The summed E-state index contributed by atoms with van der Waals surface area (Å²) in [7, 11) is 0. The number of β-amino-alcohol motifs (C(OH)–C–C–N with tert-alkyl or cyclic N) is 1. The van der Waals surface area contributed by atoms with Crippen LogP contribution in [0.4, 0.5) is 42.5 Å². The van der Waals surface area contributed by atoms with Crippen LogP contribution in [0.1, 0.15) is 11.1 Å². The van der Waals surface area contributed by atoms with Gasteiger partial charge in [-0.05, 0) is 36.4 Å². The zero-order valence-corrected chi connectivity index (χ0v) is 16.4. The molecular weight excluding hydrogens is 462 g/mol. The number of halogens is 6. The van der Waals surface area contributed by atoms with Gasteiger partial charge in [-0.2, -0.15) is 26.3 Å². The highest BCUT2D eigenvalue weighted by atomic mass is 19.4. The number of amides is 1. The first-order chi connectivity index (χ1) is 15.3. The lowest BCUT2D eigenvalue weighted by Crippen LogP contribution is -2.63. The largest absolute Gasteiger partial charge is 0.530 e. The van der Waals surface area contributed by atoms with Gasteiger partial charge in [0.25, 0.3) is 0 Å². The fraction of sp³-hybridized carbons (Fsp3) is 0.350. The Kier molecular flexibility index (Phi) is 5.36. The monoisotopic (exact) mass is 477 g/mol. The van der Waals surface area contributed by atoms with Crippen molar-refractivity contribution in [1.29, 1.82) is 0 Å². The third kappa shape index (κ3) is 4.13. The van der Waals surface area contributed by atoms with Gasteiger partial charge in [-0.25, -0.2) is 0 Å². The number of ether oxygens (including phenoxy) is 1. The molecule has 0 radical (unpaired) electrons. The SMILES string of the molecule is O=C([O-])N1CC(O)C(O)C(N2c3ccc(C(F)(F)F)cc3Oc3cc(C(F)(F)F)ccc32)C1. The first-order valence-electron chi connectivity index (χ1n) is 9.49. The molecule has 2 aliphatic heterocycles. The molecule has 1 amide bonds. The van der Waals surface area contributed by atoms with Gasteiger partial charge in [0, 0.05) is 13.1 Å². The fourth-order valence-electron chi connectivity index (χ4n) is 3.93. The van der Waals surface area contributed by atoms with Crippen LogP contribution in [0.3, 0.4) is 0 Å². The topological polar surface area (TPSA) is 96.3 Å². The number of hydrogen-bond acceptors (Lipinski definition) is 6. The van der Waals surface area contributed by atoms with Gasteiger partial charge in [0.2, 0.25) is 0 Å². The fourth-order valence-corrected chi connectivity index (χ4v) is 3.93. The highest BCUT2D eigenvalue weighted by Crippen LogP contribution is 2.51. The lowest BCUT2D eigenvalue weighted by atomic mass is 9.95. The van der Waals surface area contributed by atoms with Crippen molar-refractivity contribution in [3.63, 3.8) is 0 Å². The van der Waals surface area contributed by atoms with Crippen molar-refractivity contribution in [3.05, 3.63) is 47.5 Å². The van der Waals surface area contributed by atoms with E-state index in [1.165, 1.54) is 0 Å². The molecule has 0 aliphatic carbocycles. The van der Waals surface area contributed by atoms with E-state index in [0.717, 1.165) is 17.0 Å². The molecule has 0 saturated carbocycles. The molecule has 13 heteroatoms. The van der Waals surface area contributed by atoms with E-state index in [4.69, 9.17) is 4.74 Å². The number of carboxylic acid groups (broad SMARTS) is 1. The molecule has 7 nitrogen and oxygen atoms in total. The number of likely N-dealkylation sites (tertiary alicyclic amines) is 1. The Hall–Kier alpha value is -3.19. The number of anilines is 2. The number of alkyl halides is 6. The predicted molar refractivity (Wildman–Crippen MR) is 97.9 cm³/mol. The third-order valence-corrected chi connectivity index (χ3v) is 5.51. The van der Waals surface area contributed by atoms with Crippen molar-refractivity contribution in [1.82, 2.24) is 4.90 Å². The zero-order valence-electron chi connectivity index (χ0n) is 16.4. The Balaban J connectivity index is 1.88. The molecule has 3 atom stereocenters. The highest BCUT2D eigenvalue weighted by molar-refractivity contribution is 5.80. The van der Waals surface area contributed by atoms with Crippen LogP contribution in [-0.4, -0.2) is 52.5 Å². The summed E-state index contributed by atoms with van der Waals surface area (Å²) < 4.78 is 84.6. The number of carbonyl (C=O) groups is 1. The summed E-state index contributed by atoms with van der Waals surface area (Å²) in [6, 6.07) is 3.33. The van der Waals surface area contributed by atoms with Crippen LogP contribution in [-0.2, 0) is 12.4 Å². The van der Waals surface area contributed by atoms with Gasteiger partial charge < -0.3 is 34.7 Å². The van der Waals surface area contributed by atoms with Crippen LogP contribution in [0.15, 0.2) is 36.4 Å². The molecule has 1 saturated heterocycles. The Bertz CT molecular complexity index is 1030. The zero-order chi connectivity index (χ0) is 24.3. The minimum atomic E-state index is -4.77. The summed E-state index contributed by atoms with van der Waals surface area (Å²) in [5, 5.41) is 32.1. The summed E-state index contributed by atoms with van der Waals surface area (Å²) >= 11 is 0. The molecule has 0 spiro atoms. The number of benzene rings is 2. The third-order valence-electron chi connectivity index (χ3n) is 5.51. The Labute approximate surface area is 182 Å². The van der Waals surface area contributed by atoms with E-state index in [1.54, 1.807) is 0 Å². The Morgan fingerprint density at radius 1 is 0.909 bits per heavy atom. The van der Waals surface area contributed by atoms with E-state index < -0.39 is 72.4 Å². The molecule has 3 unspecified atom stereocenters. The number of aliphatic hydroxyl groups is 2. The van der Waals surface area contributed by atoms with Gasteiger partial charge in [-0.1, -0.05) is 0 Å². The number of carbonyl (C=O) groups excluding carboxylic acids is 1. The van der Waals surface area contributed by atoms with E-state index >= 15 is 0 Å². The summed E-state index contributed by atoms with van der Waals surface area (Å²) in [5.74, 6) is -0.909. The maximum absolute atomic E-state index is 13.2. The normalized spacial score (nSPS) is 23.0. The Morgan fingerprint density at radius 2 is 1.39 bits per heavy atom. The summed E-state index contributed by atoms with van der Waals surface area (Å²) in [6.45, 7) is -0.925. The van der Waals surface area contributed by atoms with Crippen LogP contribution >= 0.6 is 0 Å². The standard InChI is InChI=1S/C20H16F6N2O5/c21-19(22,23)9-1-3-11-15(5-9)33-16-6-10(20(24,25)26)2-4-12(16)28(11)13-7-27(18(31)32)8-14(29)17(13)30/h1-6,13-14,17,29-30H,7-8H2,(H,31,32)/p-1. The maximum Gasteiger partial charge on any atom is 0.416 e. The minimum absolute atomic E-state index is 0.0632. The molecule has 4 rings (SSSR count). The summed E-state index contributed by atoms with van der Waals surface area (Å²) in [4.78, 5) is 13.2. The van der Waals surface area contributed by atoms with Crippen LogP contribution in [0.5, 0.6) is 11.5 Å². The van der Waals surface area contributed by atoms with Gasteiger partial charge in [0.05, 0.1) is 34.6 Å². The van der Waals surface area contributed by atoms with Crippen LogP contribution in [0.2, 0.25) is 0 Å². The van der Waals surface area contributed by atoms with E-state index in [0.29, 0.717) is 29.2 Å². The van der Waals surface area contributed by atoms with Gasteiger partial charge in [-0.15, -0.1) is 0 Å². The van der Waals surface area contributed by atoms with Crippen molar-refractivity contribution in [2.24, 2.45) is 0 Å². The minimum Gasteiger partial charge on any atom is -0.530 e. The van der Waals surface area contributed by atoms with Crippen LogP contribution in [0, 0.1) is 0 Å². The number of aliphatic hydroxyl groups excluding tert-OH is 2.